The third kappa shape index (κ3) is 3.92. The lowest BCUT2D eigenvalue weighted by molar-refractivity contribution is -0.168. The lowest BCUT2D eigenvalue weighted by Gasteiger charge is -2.62. The van der Waals surface area contributed by atoms with Crippen molar-refractivity contribution in [1.29, 1.82) is 0 Å². The maximum atomic E-state index is 12.5. The van der Waals surface area contributed by atoms with Gasteiger partial charge < -0.3 is 10.4 Å². The van der Waals surface area contributed by atoms with Crippen molar-refractivity contribution in [2.75, 3.05) is 0 Å². The zero-order chi connectivity index (χ0) is 23.3. The Bertz CT molecular complexity index is 721. The highest BCUT2D eigenvalue weighted by Gasteiger charge is 2.64. The van der Waals surface area contributed by atoms with Crippen molar-refractivity contribution in [2.45, 2.75) is 111 Å². The number of carbonyl (C=O) groups is 2. The normalized spacial score (nSPS) is 45.2. The fraction of sp³-hybridized carbons (Fsp3) is 0.929. The molecule has 2 unspecified atom stereocenters. The molecule has 32 heavy (non-hydrogen) atoms. The molecule has 1 amide bonds. The van der Waals surface area contributed by atoms with E-state index < -0.39 is 5.97 Å². The van der Waals surface area contributed by atoms with Crippen molar-refractivity contribution >= 4 is 11.9 Å². The van der Waals surface area contributed by atoms with E-state index in [0.717, 1.165) is 30.6 Å². The number of amides is 1. The Kier molecular flexibility index (Phi) is 6.73. The van der Waals surface area contributed by atoms with Crippen molar-refractivity contribution in [2.24, 2.45) is 52.3 Å². The second-order valence-corrected chi connectivity index (χ2v) is 12.7. The third-order valence-electron chi connectivity index (χ3n) is 11.3. The molecule has 182 valence electrons. The van der Waals surface area contributed by atoms with Gasteiger partial charge in [0, 0.05) is 12.5 Å². The van der Waals surface area contributed by atoms with Gasteiger partial charge in [0.05, 0.1) is 5.92 Å². The van der Waals surface area contributed by atoms with Crippen LogP contribution >= 0.6 is 0 Å². The number of hydrogen-bond acceptors (Lipinski definition) is 2. The average molecular weight is 446 g/mol. The molecule has 4 aliphatic rings. The molecule has 0 aromatic rings. The minimum atomic E-state index is -0.629. The summed E-state index contributed by atoms with van der Waals surface area (Å²) in [7, 11) is 0. The first kappa shape index (κ1) is 24.1. The number of carbonyl (C=O) groups excluding carboxylic acids is 1. The van der Waals surface area contributed by atoms with Crippen LogP contribution in [0.25, 0.3) is 0 Å². The van der Waals surface area contributed by atoms with Gasteiger partial charge in [0.2, 0.25) is 5.91 Å². The number of fused-ring (bicyclic) bond motifs is 5. The van der Waals surface area contributed by atoms with Crippen LogP contribution in [-0.4, -0.2) is 23.0 Å². The highest BCUT2D eigenvalue weighted by Crippen LogP contribution is 2.67. The monoisotopic (exact) mass is 445 g/mol. The van der Waals surface area contributed by atoms with Crippen molar-refractivity contribution in [1.82, 2.24) is 5.32 Å². The zero-order valence-corrected chi connectivity index (χ0v) is 21.2. The summed E-state index contributed by atoms with van der Waals surface area (Å²) in [5.74, 6) is 2.71. The van der Waals surface area contributed by atoms with E-state index in [9.17, 15) is 14.7 Å². The van der Waals surface area contributed by atoms with Gasteiger partial charge >= 0.3 is 5.97 Å². The number of hydrogen-bond donors (Lipinski definition) is 2. The van der Waals surface area contributed by atoms with Crippen LogP contribution in [0.5, 0.6) is 0 Å². The van der Waals surface area contributed by atoms with Crippen LogP contribution in [0.3, 0.4) is 0 Å². The summed E-state index contributed by atoms with van der Waals surface area (Å²) >= 11 is 0. The van der Waals surface area contributed by atoms with Gasteiger partial charge in [-0.2, -0.15) is 0 Å². The summed E-state index contributed by atoms with van der Waals surface area (Å²) in [6, 6.07) is 0.0344. The molecule has 3 saturated carbocycles. The molecule has 10 atom stereocenters. The Morgan fingerprint density at radius 1 is 1.09 bits per heavy atom. The van der Waals surface area contributed by atoms with E-state index >= 15 is 0 Å². The van der Waals surface area contributed by atoms with E-state index in [1.165, 1.54) is 44.9 Å². The predicted molar refractivity (Wildman–Crippen MR) is 128 cm³/mol. The van der Waals surface area contributed by atoms with Crippen molar-refractivity contribution in [3.8, 4) is 0 Å². The van der Waals surface area contributed by atoms with Gasteiger partial charge in [-0.1, -0.05) is 60.3 Å². The molecule has 1 saturated heterocycles. The molecule has 1 aliphatic heterocycles. The summed E-state index contributed by atoms with van der Waals surface area (Å²) in [5.41, 5.74) is 0.345. The lowest BCUT2D eigenvalue weighted by atomic mass is 9.44. The Balaban J connectivity index is 1.54. The molecule has 4 nitrogen and oxygen atoms in total. The summed E-state index contributed by atoms with van der Waals surface area (Å²) in [6.07, 6.45) is 12.3. The molecular formula is C28H47NO3. The first-order valence-corrected chi connectivity index (χ1v) is 13.6. The Hall–Kier alpha value is -1.06. The van der Waals surface area contributed by atoms with E-state index in [1.54, 1.807) is 0 Å². The van der Waals surface area contributed by atoms with E-state index in [-0.39, 0.29) is 34.6 Å². The topological polar surface area (TPSA) is 66.4 Å². The first-order chi connectivity index (χ1) is 15.1. The SMILES string of the molecule is CCC(C)CCC[C@@H](C)[C@H]1CC[C@H]2[C@@H]3[C@@H](C(=O)O)CC4NC(=O)CC[C@]4(C)[C@H]3CC[C@]12C. The number of aliphatic carboxylic acids is 1. The van der Waals surface area contributed by atoms with Gasteiger partial charge in [-0.15, -0.1) is 0 Å². The Morgan fingerprint density at radius 3 is 2.50 bits per heavy atom. The molecule has 3 aliphatic carbocycles. The molecule has 0 spiro atoms. The summed E-state index contributed by atoms with van der Waals surface area (Å²) in [5, 5.41) is 13.5. The molecule has 0 aromatic heterocycles. The van der Waals surface area contributed by atoms with Crippen LogP contribution in [0.4, 0.5) is 0 Å². The molecule has 4 heteroatoms. The smallest absolute Gasteiger partial charge is 0.306 e. The second kappa shape index (κ2) is 8.95. The average Bonchev–Trinajstić information content (AvgIpc) is 3.10. The van der Waals surface area contributed by atoms with Gasteiger partial charge in [0.25, 0.3) is 0 Å². The molecule has 0 radical (unpaired) electrons. The number of piperidine rings is 1. The van der Waals surface area contributed by atoms with Gasteiger partial charge in [0.15, 0.2) is 0 Å². The van der Waals surface area contributed by atoms with Crippen LogP contribution in [0.2, 0.25) is 0 Å². The van der Waals surface area contributed by atoms with Crippen molar-refractivity contribution in [3.63, 3.8) is 0 Å². The molecule has 4 rings (SSSR count). The largest absolute Gasteiger partial charge is 0.481 e. The van der Waals surface area contributed by atoms with Crippen LogP contribution < -0.4 is 5.32 Å². The van der Waals surface area contributed by atoms with Crippen LogP contribution in [0.15, 0.2) is 0 Å². The first-order valence-electron chi connectivity index (χ1n) is 13.6. The van der Waals surface area contributed by atoms with Crippen LogP contribution in [-0.2, 0) is 9.59 Å². The van der Waals surface area contributed by atoms with E-state index in [2.05, 4.69) is 39.9 Å². The van der Waals surface area contributed by atoms with Gasteiger partial charge in [-0.05, 0) is 84.9 Å². The van der Waals surface area contributed by atoms with E-state index in [0.29, 0.717) is 24.7 Å². The highest BCUT2D eigenvalue weighted by atomic mass is 16.4. The van der Waals surface area contributed by atoms with E-state index in [4.69, 9.17) is 0 Å². The van der Waals surface area contributed by atoms with Gasteiger partial charge in [-0.25, -0.2) is 0 Å². The zero-order valence-electron chi connectivity index (χ0n) is 21.2. The van der Waals surface area contributed by atoms with Crippen molar-refractivity contribution < 1.29 is 14.7 Å². The quantitative estimate of drug-likeness (QED) is 0.484. The predicted octanol–water partition coefficient (Wildman–Crippen LogP) is 6.29. The van der Waals surface area contributed by atoms with Crippen LogP contribution in [0, 0.1) is 52.3 Å². The van der Waals surface area contributed by atoms with Gasteiger partial charge in [-0.3, -0.25) is 9.59 Å². The molecular weight excluding hydrogens is 398 g/mol. The Morgan fingerprint density at radius 2 is 1.81 bits per heavy atom. The third-order valence-corrected chi connectivity index (χ3v) is 11.3. The number of nitrogens with one attached hydrogen (secondary N) is 1. The number of carboxylic acids is 1. The Labute approximate surface area is 195 Å². The fourth-order valence-corrected chi connectivity index (χ4v) is 9.13. The van der Waals surface area contributed by atoms with Crippen molar-refractivity contribution in [3.05, 3.63) is 0 Å². The summed E-state index contributed by atoms with van der Waals surface area (Å²) < 4.78 is 0. The molecule has 0 bridgehead atoms. The lowest BCUT2D eigenvalue weighted by Crippen LogP contribution is -2.64. The minimum absolute atomic E-state index is 0.0344. The van der Waals surface area contributed by atoms with Gasteiger partial charge in [0.1, 0.15) is 0 Å². The molecule has 0 aromatic carbocycles. The summed E-state index contributed by atoms with van der Waals surface area (Å²) in [6.45, 7) is 12.0. The molecule has 2 N–H and O–H groups in total. The maximum Gasteiger partial charge on any atom is 0.306 e. The number of carboxylic acid groups (broad SMARTS) is 1. The molecule has 4 fully saturated rings. The number of rotatable bonds is 7. The maximum absolute atomic E-state index is 12.5. The fourth-order valence-electron chi connectivity index (χ4n) is 9.13. The standard InChI is InChI=1S/C28H47NO3/c1-6-17(2)8-7-9-18(3)20-10-11-21-25-19(26(31)32)16-23-28(5,15-13-24(30)29-23)22(25)12-14-27(20,21)4/h17-23,25H,6-16H2,1-5H3,(H,29,30)(H,31,32)/t17?,18-,19+,20-,21+,22+,23?,25+,27-,28-/m1/s1. The molecule has 1 heterocycles. The second-order valence-electron chi connectivity index (χ2n) is 12.7. The summed E-state index contributed by atoms with van der Waals surface area (Å²) in [4.78, 5) is 24.6. The minimum Gasteiger partial charge on any atom is -0.481 e. The van der Waals surface area contributed by atoms with E-state index in [1.807, 2.05) is 0 Å². The highest BCUT2D eigenvalue weighted by molar-refractivity contribution is 5.78. The van der Waals surface area contributed by atoms with Crippen LogP contribution in [0.1, 0.15) is 105 Å².